The number of ether oxygens (including phenoxy) is 1. The van der Waals surface area contributed by atoms with Crippen molar-refractivity contribution in [1.29, 1.82) is 0 Å². The van der Waals surface area contributed by atoms with Gasteiger partial charge in [0.05, 0.1) is 19.6 Å². The normalized spacial score (nSPS) is 25.5. The Morgan fingerprint density at radius 2 is 2.20 bits per heavy atom. The minimum atomic E-state index is -0.648. The van der Waals surface area contributed by atoms with E-state index in [9.17, 15) is 19.2 Å². The number of likely N-dealkylation sites (tertiary alicyclic amines) is 1. The smallest absolute Gasteiger partial charge is 0.251 e. The summed E-state index contributed by atoms with van der Waals surface area (Å²) in [6.45, 7) is 0.465. The molecule has 0 saturated carbocycles. The number of imide groups is 1. The molecule has 30 heavy (non-hydrogen) atoms. The van der Waals surface area contributed by atoms with Gasteiger partial charge in [-0.2, -0.15) is 4.98 Å². The lowest BCUT2D eigenvalue weighted by Crippen LogP contribution is -2.53. The van der Waals surface area contributed by atoms with E-state index in [-0.39, 0.29) is 36.6 Å². The van der Waals surface area contributed by atoms with Crippen molar-refractivity contribution in [3.8, 4) is 5.88 Å². The SMILES string of the molecule is COc1ccnc(CNC(=O)C2=CC3CN(C4CCC(=O)NC4=O)C(=O)C3C=C2)n1. The largest absolute Gasteiger partial charge is 0.481 e. The molecule has 2 N–H and O–H groups in total. The highest BCUT2D eigenvalue weighted by molar-refractivity contribution is 6.02. The standard InChI is InChI=1S/C20H21N5O5/c1-30-17-6-7-21-15(23-17)9-22-18(27)11-2-3-13-12(8-11)10-25(20(13)29)14-4-5-16(26)24-19(14)28/h2-3,6-8,12-14H,4-5,9-10H2,1H3,(H,22,27)(H,24,26,28). The van der Waals surface area contributed by atoms with Crippen LogP contribution in [-0.4, -0.2) is 58.2 Å². The van der Waals surface area contributed by atoms with Crippen LogP contribution >= 0.6 is 0 Å². The third-order valence-electron chi connectivity index (χ3n) is 5.46. The topological polar surface area (TPSA) is 131 Å². The van der Waals surface area contributed by atoms with Crippen LogP contribution in [0.25, 0.3) is 0 Å². The molecule has 4 rings (SSSR count). The van der Waals surface area contributed by atoms with Crippen LogP contribution in [0.15, 0.2) is 36.1 Å². The molecule has 1 aliphatic carbocycles. The van der Waals surface area contributed by atoms with Crippen molar-refractivity contribution in [1.82, 2.24) is 25.5 Å². The van der Waals surface area contributed by atoms with Crippen molar-refractivity contribution in [2.45, 2.75) is 25.4 Å². The Morgan fingerprint density at radius 3 is 2.97 bits per heavy atom. The predicted molar refractivity (Wildman–Crippen MR) is 103 cm³/mol. The molecule has 2 fully saturated rings. The van der Waals surface area contributed by atoms with Crippen LogP contribution in [0.4, 0.5) is 0 Å². The summed E-state index contributed by atoms with van der Waals surface area (Å²) in [5, 5.41) is 5.04. The average molecular weight is 411 g/mol. The van der Waals surface area contributed by atoms with Gasteiger partial charge in [0.25, 0.3) is 5.91 Å². The highest BCUT2D eigenvalue weighted by Crippen LogP contribution is 2.34. The van der Waals surface area contributed by atoms with Gasteiger partial charge in [0.2, 0.25) is 23.6 Å². The number of rotatable bonds is 5. The number of carbonyl (C=O) groups is 4. The summed E-state index contributed by atoms with van der Waals surface area (Å²) in [6.07, 6.45) is 7.16. The molecule has 3 heterocycles. The average Bonchev–Trinajstić information content (AvgIpc) is 3.07. The number of hydrogen-bond acceptors (Lipinski definition) is 7. The first-order valence-corrected chi connectivity index (χ1v) is 9.64. The monoisotopic (exact) mass is 411 g/mol. The first kappa shape index (κ1) is 19.7. The molecule has 1 aromatic rings. The molecule has 3 atom stereocenters. The molecule has 0 aromatic carbocycles. The van der Waals surface area contributed by atoms with Crippen molar-refractivity contribution in [3.63, 3.8) is 0 Å². The Morgan fingerprint density at radius 1 is 1.37 bits per heavy atom. The number of nitrogens with one attached hydrogen (secondary N) is 2. The van der Waals surface area contributed by atoms with Gasteiger partial charge in [-0.1, -0.05) is 18.2 Å². The van der Waals surface area contributed by atoms with Crippen LogP contribution in [-0.2, 0) is 25.7 Å². The third-order valence-corrected chi connectivity index (χ3v) is 5.46. The van der Waals surface area contributed by atoms with E-state index in [1.165, 1.54) is 12.0 Å². The fourth-order valence-corrected chi connectivity index (χ4v) is 3.93. The quantitative estimate of drug-likeness (QED) is 0.623. The molecule has 0 bridgehead atoms. The Bertz CT molecular complexity index is 972. The minimum absolute atomic E-state index is 0.136. The van der Waals surface area contributed by atoms with Gasteiger partial charge in [-0.3, -0.25) is 24.5 Å². The molecule has 10 heteroatoms. The van der Waals surface area contributed by atoms with Gasteiger partial charge in [0.15, 0.2) is 5.82 Å². The Labute approximate surface area is 172 Å². The second-order valence-corrected chi connectivity index (χ2v) is 7.33. The van der Waals surface area contributed by atoms with E-state index in [1.54, 1.807) is 30.5 Å². The maximum Gasteiger partial charge on any atom is 0.251 e. The van der Waals surface area contributed by atoms with Gasteiger partial charge in [-0.25, -0.2) is 4.98 Å². The van der Waals surface area contributed by atoms with Crippen LogP contribution in [0.3, 0.4) is 0 Å². The third kappa shape index (κ3) is 3.80. The van der Waals surface area contributed by atoms with E-state index in [4.69, 9.17) is 4.74 Å². The van der Waals surface area contributed by atoms with Crippen molar-refractivity contribution in [2.75, 3.05) is 13.7 Å². The molecule has 156 valence electrons. The first-order chi connectivity index (χ1) is 14.5. The predicted octanol–water partition coefficient (Wildman–Crippen LogP) is -0.523. The van der Waals surface area contributed by atoms with Crippen molar-refractivity contribution in [3.05, 3.63) is 41.9 Å². The number of methoxy groups -OCH3 is 1. The highest BCUT2D eigenvalue weighted by Gasteiger charge is 2.45. The van der Waals surface area contributed by atoms with Crippen LogP contribution in [0, 0.1) is 11.8 Å². The molecule has 3 aliphatic rings. The zero-order chi connectivity index (χ0) is 21.3. The van der Waals surface area contributed by atoms with Gasteiger partial charge in [-0.05, 0) is 6.42 Å². The fraction of sp³-hybridized carbons (Fsp3) is 0.400. The maximum absolute atomic E-state index is 12.8. The van der Waals surface area contributed by atoms with Gasteiger partial charge < -0.3 is 15.0 Å². The molecule has 0 radical (unpaired) electrons. The number of nitrogens with zero attached hydrogens (tertiary/aromatic N) is 3. The van der Waals surface area contributed by atoms with Gasteiger partial charge >= 0.3 is 0 Å². The van der Waals surface area contributed by atoms with Gasteiger partial charge in [0, 0.05) is 36.7 Å². The molecular formula is C20H21N5O5. The van der Waals surface area contributed by atoms with E-state index in [1.807, 2.05) is 0 Å². The second kappa shape index (κ2) is 8.05. The molecule has 3 unspecified atom stereocenters. The number of carbonyl (C=O) groups excluding carboxylic acids is 4. The van der Waals surface area contributed by atoms with Gasteiger partial charge in [-0.15, -0.1) is 0 Å². The fourth-order valence-electron chi connectivity index (χ4n) is 3.93. The maximum atomic E-state index is 12.8. The van der Waals surface area contributed by atoms with Crippen molar-refractivity contribution < 1.29 is 23.9 Å². The molecule has 0 spiro atoms. The van der Waals surface area contributed by atoms with Crippen LogP contribution in [0.1, 0.15) is 18.7 Å². The Kier molecular flexibility index (Phi) is 5.30. The molecule has 2 aliphatic heterocycles. The van der Waals surface area contributed by atoms with Crippen LogP contribution in [0.5, 0.6) is 5.88 Å². The number of fused-ring (bicyclic) bond motifs is 1. The summed E-state index contributed by atoms with van der Waals surface area (Å²) in [5.74, 6) is -1.01. The second-order valence-electron chi connectivity index (χ2n) is 7.33. The number of aromatic nitrogens is 2. The minimum Gasteiger partial charge on any atom is -0.481 e. The summed E-state index contributed by atoms with van der Waals surface area (Å²) >= 11 is 0. The van der Waals surface area contributed by atoms with E-state index < -0.39 is 17.9 Å². The first-order valence-electron chi connectivity index (χ1n) is 9.64. The van der Waals surface area contributed by atoms with Crippen LogP contribution in [0.2, 0.25) is 0 Å². The van der Waals surface area contributed by atoms with E-state index >= 15 is 0 Å². The van der Waals surface area contributed by atoms with Gasteiger partial charge in [0.1, 0.15) is 6.04 Å². The lowest BCUT2D eigenvalue weighted by atomic mass is 9.88. The molecule has 10 nitrogen and oxygen atoms in total. The lowest BCUT2D eigenvalue weighted by Gasteiger charge is -2.29. The summed E-state index contributed by atoms with van der Waals surface area (Å²) in [6, 6.07) is 0.966. The highest BCUT2D eigenvalue weighted by atomic mass is 16.5. The zero-order valence-electron chi connectivity index (χ0n) is 16.3. The van der Waals surface area contributed by atoms with E-state index in [0.717, 1.165) is 0 Å². The van der Waals surface area contributed by atoms with E-state index in [2.05, 4.69) is 20.6 Å². The van der Waals surface area contributed by atoms with Crippen molar-refractivity contribution in [2.24, 2.45) is 11.8 Å². The molecule has 2 saturated heterocycles. The Balaban J connectivity index is 1.40. The zero-order valence-corrected chi connectivity index (χ0v) is 16.3. The molecule has 1 aromatic heterocycles. The molecular weight excluding hydrogens is 390 g/mol. The summed E-state index contributed by atoms with van der Waals surface area (Å²) in [5.41, 5.74) is 0.442. The van der Waals surface area contributed by atoms with Crippen molar-refractivity contribution >= 4 is 23.6 Å². The van der Waals surface area contributed by atoms with E-state index in [0.29, 0.717) is 30.2 Å². The lowest BCUT2D eigenvalue weighted by molar-refractivity contribution is -0.144. The number of piperidine rings is 1. The Hall–Kier alpha value is -3.56. The number of amides is 4. The summed E-state index contributed by atoms with van der Waals surface area (Å²) < 4.78 is 5.04. The summed E-state index contributed by atoms with van der Waals surface area (Å²) in [4.78, 5) is 58.6. The molecule has 4 amide bonds. The van der Waals surface area contributed by atoms with Crippen LogP contribution < -0.4 is 15.4 Å². The summed E-state index contributed by atoms with van der Waals surface area (Å²) in [7, 11) is 1.50. The number of hydrogen-bond donors (Lipinski definition) is 2.